The second-order valence-electron chi connectivity index (χ2n) is 11.2. The minimum Gasteiger partial charge on any atom is -0.480 e. The van der Waals surface area contributed by atoms with Crippen LogP contribution in [0.25, 0.3) is 0 Å². The summed E-state index contributed by atoms with van der Waals surface area (Å²) in [6, 6.07) is -0.872. The number of allylic oxidation sites excluding steroid dienone is 6. The zero-order valence-corrected chi connectivity index (χ0v) is 26.8. The van der Waals surface area contributed by atoms with Gasteiger partial charge in [-0.15, -0.1) is 0 Å². The molecule has 4 N–H and O–H groups in total. The predicted octanol–water partition coefficient (Wildman–Crippen LogP) is 8.33. The maximum absolute atomic E-state index is 12.4. The molecule has 0 heterocycles. The summed E-state index contributed by atoms with van der Waals surface area (Å²) in [4.78, 5) is 35.7. The number of hydrogen-bond acceptors (Lipinski definition) is 5. The van der Waals surface area contributed by atoms with E-state index in [4.69, 9.17) is 10.5 Å². The number of carbonyl (C=O) groups is 3. The van der Waals surface area contributed by atoms with E-state index in [9.17, 15) is 19.5 Å². The molecule has 0 bridgehead atoms. The van der Waals surface area contributed by atoms with Gasteiger partial charge in [0.15, 0.2) is 0 Å². The molecule has 0 fully saturated rings. The molecule has 2 atom stereocenters. The van der Waals surface area contributed by atoms with E-state index in [1.165, 1.54) is 32.1 Å². The van der Waals surface area contributed by atoms with Crippen molar-refractivity contribution in [3.63, 3.8) is 0 Å². The molecule has 0 aromatic heterocycles. The lowest BCUT2D eigenvalue weighted by atomic mass is 10.0. The van der Waals surface area contributed by atoms with E-state index in [0.717, 1.165) is 70.6 Å². The molecule has 7 nitrogen and oxygen atoms in total. The molecule has 0 radical (unpaired) electrons. The Balaban J connectivity index is 3.83. The molecule has 7 heteroatoms. The molecule has 42 heavy (non-hydrogen) atoms. The minimum absolute atomic E-state index is 0.0583. The molecule has 0 aromatic rings. The zero-order valence-electron chi connectivity index (χ0n) is 26.8. The molecule has 0 rings (SSSR count). The Kier molecular flexibility index (Phi) is 28.3. The Morgan fingerprint density at radius 1 is 0.714 bits per heavy atom. The van der Waals surface area contributed by atoms with Crippen LogP contribution in [0.4, 0.5) is 0 Å². The van der Waals surface area contributed by atoms with Crippen molar-refractivity contribution in [1.82, 2.24) is 5.32 Å². The highest BCUT2D eigenvalue weighted by atomic mass is 16.5. The second kappa shape index (κ2) is 30.1. The molecule has 0 aliphatic heterocycles. The normalized spacial score (nSPS) is 13.2. The number of carboxylic acids is 1. The first kappa shape index (κ1) is 39.6. The summed E-state index contributed by atoms with van der Waals surface area (Å²) in [6.07, 6.45) is 32.6. The van der Waals surface area contributed by atoms with Crippen molar-refractivity contribution < 1.29 is 24.2 Å². The van der Waals surface area contributed by atoms with Crippen molar-refractivity contribution in [3.8, 4) is 0 Å². The van der Waals surface area contributed by atoms with Gasteiger partial charge in [0.25, 0.3) is 0 Å². The Morgan fingerprint density at radius 3 is 1.95 bits per heavy atom. The van der Waals surface area contributed by atoms with E-state index in [1.807, 2.05) is 0 Å². The highest BCUT2D eigenvalue weighted by Crippen LogP contribution is 2.16. The maximum atomic E-state index is 12.4. The molecule has 1 amide bonds. The van der Waals surface area contributed by atoms with Crippen molar-refractivity contribution >= 4 is 17.8 Å². The van der Waals surface area contributed by atoms with Crippen LogP contribution < -0.4 is 11.1 Å². The lowest BCUT2D eigenvalue weighted by molar-refractivity contribution is -0.150. The Bertz CT molecular complexity index is 762. The van der Waals surface area contributed by atoms with Crippen molar-refractivity contribution in [1.29, 1.82) is 0 Å². The molecule has 0 aliphatic rings. The molecule has 2 unspecified atom stereocenters. The van der Waals surface area contributed by atoms with Gasteiger partial charge in [-0.25, -0.2) is 4.79 Å². The summed E-state index contributed by atoms with van der Waals surface area (Å²) in [7, 11) is 0. The van der Waals surface area contributed by atoms with E-state index in [2.05, 4.69) is 55.6 Å². The van der Waals surface area contributed by atoms with Gasteiger partial charge in [-0.05, 0) is 83.6 Å². The first-order valence-corrected chi connectivity index (χ1v) is 16.8. The first-order chi connectivity index (χ1) is 20.4. The van der Waals surface area contributed by atoms with Crippen LogP contribution in [-0.2, 0) is 19.1 Å². The monoisotopic (exact) mass is 590 g/mol. The fourth-order valence-electron chi connectivity index (χ4n) is 4.75. The molecule has 0 spiro atoms. The smallest absolute Gasteiger partial charge is 0.326 e. The number of carboxylic acid groups (broad SMARTS) is 1. The quantitative estimate of drug-likeness (QED) is 0.0458. The fourth-order valence-corrected chi connectivity index (χ4v) is 4.75. The van der Waals surface area contributed by atoms with Crippen LogP contribution in [0.1, 0.15) is 149 Å². The van der Waals surface area contributed by atoms with Crippen molar-refractivity contribution in [3.05, 3.63) is 36.5 Å². The molecule has 0 aliphatic carbocycles. The number of ether oxygens (including phenoxy) is 1. The number of hydrogen-bond donors (Lipinski definition) is 3. The van der Waals surface area contributed by atoms with Crippen LogP contribution in [0, 0.1) is 0 Å². The average Bonchev–Trinajstić information content (AvgIpc) is 2.96. The zero-order chi connectivity index (χ0) is 31.1. The minimum atomic E-state index is -1.02. The first-order valence-electron chi connectivity index (χ1n) is 16.8. The lowest BCUT2D eigenvalue weighted by Crippen LogP contribution is -2.40. The summed E-state index contributed by atoms with van der Waals surface area (Å²) >= 11 is 0. The standard InChI is InChI=1S/C35H62N2O5/c1-3-5-6-7-8-9-10-11-12-13-14-15-16-17-18-19-23-29-34(39)42-31(25-4-2)26-21-20-22-28-33(38)37-32(35(40)41)27-24-30-36/h5-6,8-9,11-12,31-32H,3-4,7,10,13-30,36H2,1-2H3,(H,37,38)(H,40,41)/b6-5-,9-8-,12-11-. The molecule has 0 saturated carbocycles. The van der Waals surface area contributed by atoms with Crippen molar-refractivity contribution in [2.45, 2.75) is 161 Å². The van der Waals surface area contributed by atoms with Crippen LogP contribution in [0.2, 0.25) is 0 Å². The van der Waals surface area contributed by atoms with E-state index >= 15 is 0 Å². The number of unbranched alkanes of at least 4 members (excludes halogenated alkanes) is 9. The van der Waals surface area contributed by atoms with Gasteiger partial charge in [0, 0.05) is 12.8 Å². The third-order valence-corrected chi connectivity index (χ3v) is 7.20. The van der Waals surface area contributed by atoms with E-state index in [-0.39, 0.29) is 18.0 Å². The summed E-state index contributed by atoms with van der Waals surface area (Å²) in [5, 5.41) is 11.8. The number of amides is 1. The Hall–Kier alpha value is -2.41. The second-order valence-corrected chi connectivity index (χ2v) is 11.2. The van der Waals surface area contributed by atoms with E-state index < -0.39 is 12.0 Å². The number of rotatable bonds is 29. The van der Waals surface area contributed by atoms with Crippen molar-refractivity contribution in [2.24, 2.45) is 5.73 Å². The van der Waals surface area contributed by atoms with Crippen molar-refractivity contribution in [2.75, 3.05) is 6.54 Å². The van der Waals surface area contributed by atoms with Gasteiger partial charge in [0.1, 0.15) is 12.1 Å². The number of carbonyl (C=O) groups excluding carboxylic acids is 2. The Labute approximate surface area is 256 Å². The highest BCUT2D eigenvalue weighted by molar-refractivity contribution is 5.83. The fraction of sp³-hybridized carbons (Fsp3) is 0.743. The summed E-state index contributed by atoms with van der Waals surface area (Å²) < 4.78 is 5.76. The predicted molar refractivity (Wildman–Crippen MR) is 174 cm³/mol. The van der Waals surface area contributed by atoms with Gasteiger partial charge < -0.3 is 20.9 Å². The van der Waals surface area contributed by atoms with Gasteiger partial charge in [-0.2, -0.15) is 0 Å². The number of nitrogens with two attached hydrogens (primary N) is 1. The average molecular weight is 591 g/mol. The molecular formula is C35H62N2O5. The summed E-state index contributed by atoms with van der Waals surface area (Å²) in [5.41, 5.74) is 5.44. The third-order valence-electron chi connectivity index (χ3n) is 7.20. The van der Waals surface area contributed by atoms with Gasteiger partial charge in [-0.1, -0.05) is 95.2 Å². The van der Waals surface area contributed by atoms with Crippen LogP contribution >= 0.6 is 0 Å². The topological polar surface area (TPSA) is 119 Å². The molecule has 242 valence electrons. The highest BCUT2D eigenvalue weighted by Gasteiger charge is 2.19. The van der Waals surface area contributed by atoms with Gasteiger partial charge >= 0.3 is 11.9 Å². The number of esters is 1. The van der Waals surface area contributed by atoms with E-state index in [0.29, 0.717) is 38.6 Å². The van der Waals surface area contributed by atoms with Gasteiger partial charge in [0.05, 0.1) is 0 Å². The molecule has 0 saturated heterocycles. The van der Waals surface area contributed by atoms with Gasteiger partial charge in [0.2, 0.25) is 5.91 Å². The van der Waals surface area contributed by atoms with Crippen LogP contribution in [0.5, 0.6) is 0 Å². The summed E-state index contributed by atoms with van der Waals surface area (Å²) in [5.74, 6) is -1.35. The van der Waals surface area contributed by atoms with Crippen LogP contribution in [0.15, 0.2) is 36.5 Å². The SMILES string of the molecule is CC/C=C\C/C=C\C/C=C\CCCCCCCCCC(=O)OC(CCC)CCCCCC(=O)NC(CCCN)C(=O)O. The van der Waals surface area contributed by atoms with Crippen LogP contribution in [-0.4, -0.2) is 41.6 Å². The maximum Gasteiger partial charge on any atom is 0.326 e. The largest absolute Gasteiger partial charge is 0.480 e. The number of aliphatic carboxylic acids is 1. The summed E-state index contributed by atoms with van der Waals surface area (Å²) in [6.45, 7) is 4.65. The third kappa shape index (κ3) is 26.5. The molecule has 0 aromatic carbocycles. The van der Waals surface area contributed by atoms with Crippen LogP contribution in [0.3, 0.4) is 0 Å². The Morgan fingerprint density at radius 2 is 1.31 bits per heavy atom. The molecular weight excluding hydrogens is 528 g/mol. The lowest BCUT2D eigenvalue weighted by Gasteiger charge is -2.17. The number of nitrogens with one attached hydrogen (secondary N) is 1. The van der Waals surface area contributed by atoms with Gasteiger partial charge in [-0.3, -0.25) is 9.59 Å². The van der Waals surface area contributed by atoms with E-state index in [1.54, 1.807) is 0 Å².